The van der Waals surface area contributed by atoms with Crippen molar-refractivity contribution >= 4 is 15.8 Å². The molecule has 1 fully saturated rings. The Morgan fingerprint density at radius 2 is 1.96 bits per heavy atom. The molecule has 7 heteroatoms. The second kappa shape index (κ2) is 8.16. The molecule has 2 aromatic rings. The predicted molar refractivity (Wildman–Crippen MR) is 98.5 cm³/mol. The molecule has 1 N–H and O–H groups in total. The standard InChI is InChI=1S/C19H24N2O4S/c1-15(22)16-7-5-8-17(13-16)26(23,24)20-14-18(19-9-6-12-25-19)21-10-3-2-4-11-21/h5-9,12-13,18,20H,2-4,10-11,14H2,1H3/t18-/m0/s1. The van der Waals surface area contributed by atoms with E-state index in [2.05, 4.69) is 9.62 Å². The quantitative estimate of drug-likeness (QED) is 0.752. The van der Waals surface area contributed by atoms with Gasteiger partial charge in [0.2, 0.25) is 10.0 Å². The SMILES string of the molecule is CC(=O)c1cccc(S(=O)(=O)NC[C@@H](c2ccco2)N2CCCCC2)c1. The summed E-state index contributed by atoms with van der Waals surface area (Å²) in [7, 11) is -3.71. The zero-order valence-corrected chi connectivity index (χ0v) is 15.7. The number of carbonyl (C=O) groups is 1. The van der Waals surface area contributed by atoms with Crippen LogP contribution in [0.1, 0.15) is 48.3 Å². The second-order valence-corrected chi connectivity index (χ2v) is 8.33. The topological polar surface area (TPSA) is 79.6 Å². The van der Waals surface area contributed by atoms with E-state index >= 15 is 0 Å². The number of nitrogens with zero attached hydrogens (tertiary/aromatic N) is 1. The highest BCUT2D eigenvalue weighted by Crippen LogP contribution is 2.25. The van der Waals surface area contributed by atoms with Crippen LogP contribution in [0.15, 0.2) is 52.0 Å². The normalized spacial score (nSPS) is 17.1. The fraction of sp³-hybridized carbons (Fsp3) is 0.421. The molecule has 0 bridgehead atoms. The van der Waals surface area contributed by atoms with Gasteiger partial charge in [0.15, 0.2) is 5.78 Å². The third-order valence-corrected chi connectivity index (χ3v) is 6.14. The maximum Gasteiger partial charge on any atom is 0.240 e. The molecule has 0 saturated carbocycles. The number of Topliss-reactive ketones (excluding diaryl/α,β-unsaturated/α-hetero) is 1. The van der Waals surface area contributed by atoms with Crippen LogP contribution in [-0.4, -0.2) is 38.7 Å². The lowest BCUT2D eigenvalue weighted by Crippen LogP contribution is -2.40. The van der Waals surface area contributed by atoms with Gasteiger partial charge in [-0.15, -0.1) is 0 Å². The summed E-state index contributed by atoms with van der Waals surface area (Å²) in [6.07, 6.45) is 5.01. The van der Waals surface area contributed by atoms with E-state index in [-0.39, 0.29) is 23.3 Å². The minimum atomic E-state index is -3.71. The van der Waals surface area contributed by atoms with Gasteiger partial charge in [-0.1, -0.05) is 18.6 Å². The van der Waals surface area contributed by atoms with Gasteiger partial charge in [0.1, 0.15) is 5.76 Å². The molecule has 1 aliphatic rings. The number of hydrogen-bond acceptors (Lipinski definition) is 5. The maximum absolute atomic E-state index is 12.7. The number of sulfonamides is 1. The van der Waals surface area contributed by atoms with E-state index in [0.29, 0.717) is 5.56 Å². The summed E-state index contributed by atoms with van der Waals surface area (Å²) in [5, 5.41) is 0. The number of rotatable bonds is 7. The molecule has 0 amide bonds. The molecule has 0 radical (unpaired) electrons. The van der Waals surface area contributed by atoms with Crippen molar-refractivity contribution in [3.05, 3.63) is 54.0 Å². The highest BCUT2D eigenvalue weighted by atomic mass is 32.2. The van der Waals surface area contributed by atoms with Crippen molar-refractivity contribution in [2.24, 2.45) is 0 Å². The van der Waals surface area contributed by atoms with Gasteiger partial charge in [0.05, 0.1) is 17.2 Å². The van der Waals surface area contributed by atoms with Crippen LogP contribution in [0.25, 0.3) is 0 Å². The minimum absolute atomic E-state index is 0.0991. The average Bonchev–Trinajstić information content (AvgIpc) is 3.17. The van der Waals surface area contributed by atoms with E-state index < -0.39 is 10.0 Å². The molecule has 0 spiro atoms. The molecule has 1 aromatic heterocycles. The number of piperidine rings is 1. The Labute approximate surface area is 154 Å². The van der Waals surface area contributed by atoms with Crippen molar-refractivity contribution in [3.8, 4) is 0 Å². The summed E-state index contributed by atoms with van der Waals surface area (Å²) < 4.78 is 33.6. The van der Waals surface area contributed by atoms with Crippen LogP contribution in [0.2, 0.25) is 0 Å². The van der Waals surface area contributed by atoms with Crippen molar-refractivity contribution in [3.63, 3.8) is 0 Å². The number of hydrogen-bond donors (Lipinski definition) is 1. The lowest BCUT2D eigenvalue weighted by atomic mass is 10.1. The van der Waals surface area contributed by atoms with E-state index in [4.69, 9.17) is 4.42 Å². The van der Waals surface area contributed by atoms with Crippen molar-refractivity contribution in [2.45, 2.75) is 37.1 Å². The Balaban J connectivity index is 1.77. The van der Waals surface area contributed by atoms with Crippen LogP contribution >= 0.6 is 0 Å². The van der Waals surface area contributed by atoms with Gasteiger partial charge in [0, 0.05) is 12.1 Å². The van der Waals surface area contributed by atoms with Crippen LogP contribution in [0, 0.1) is 0 Å². The zero-order chi connectivity index (χ0) is 18.6. The van der Waals surface area contributed by atoms with Crippen LogP contribution in [0.3, 0.4) is 0 Å². The van der Waals surface area contributed by atoms with Gasteiger partial charge in [-0.2, -0.15) is 0 Å². The Morgan fingerprint density at radius 3 is 2.62 bits per heavy atom. The molecule has 1 saturated heterocycles. The molecular weight excluding hydrogens is 352 g/mol. The van der Waals surface area contributed by atoms with E-state index in [1.54, 1.807) is 18.4 Å². The fourth-order valence-electron chi connectivity index (χ4n) is 3.27. The Kier molecular flexibility index (Phi) is 5.90. The molecule has 1 aromatic carbocycles. The first-order valence-corrected chi connectivity index (χ1v) is 10.3. The first-order valence-electron chi connectivity index (χ1n) is 8.85. The molecule has 0 unspecified atom stereocenters. The Bertz CT molecular complexity index is 840. The van der Waals surface area contributed by atoms with Crippen molar-refractivity contribution in [1.29, 1.82) is 0 Å². The lowest BCUT2D eigenvalue weighted by Gasteiger charge is -2.33. The molecule has 1 atom stereocenters. The molecule has 2 heterocycles. The first kappa shape index (κ1) is 18.8. The van der Waals surface area contributed by atoms with Crippen LogP contribution in [0.5, 0.6) is 0 Å². The summed E-state index contributed by atoms with van der Waals surface area (Å²) in [6, 6.07) is 9.66. The molecule has 1 aliphatic heterocycles. The number of nitrogens with one attached hydrogen (secondary N) is 1. The van der Waals surface area contributed by atoms with Crippen LogP contribution in [-0.2, 0) is 10.0 Å². The number of benzene rings is 1. The summed E-state index contributed by atoms with van der Waals surface area (Å²) in [6.45, 7) is 3.49. The molecule has 26 heavy (non-hydrogen) atoms. The molecule has 3 rings (SSSR count). The van der Waals surface area contributed by atoms with E-state index in [1.807, 2.05) is 12.1 Å². The van der Waals surface area contributed by atoms with E-state index in [0.717, 1.165) is 31.7 Å². The Hall–Kier alpha value is -1.96. The second-order valence-electron chi connectivity index (χ2n) is 6.56. The highest BCUT2D eigenvalue weighted by molar-refractivity contribution is 7.89. The monoisotopic (exact) mass is 376 g/mol. The number of ketones is 1. The van der Waals surface area contributed by atoms with Crippen LogP contribution < -0.4 is 4.72 Å². The largest absolute Gasteiger partial charge is 0.468 e. The molecule has 6 nitrogen and oxygen atoms in total. The molecule has 140 valence electrons. The van der Waals surface area contributed by atoms with Gasteiger partial charge in [-0.25, -0.2) is 13.1 Å². The summed E-state index contributed by atoms with van der Waals surface area (Å²) >= 11 is 0. The molecular formula is C19H24N2O4S. The number of furan rings is 1. The van der Waals surface area contributed by atoms with Gasteiger partial charge in [-0.3, -0.25) is 9.69 Å². The third kappa shape index (κ3) is 4.41. The smallest absolute Gasteiger partial charge is 0.240 e. The maximum atomic E-state index is 12.7. The Morgan fingerprint density at radius 1 is 1.19 bits per heavy atom. The third-order valence-electron chi connectivity index (χ3n) is 4.72. The summed E-state index contributed by atoms with van der Waals surface area (Å²) in [5.74, 6) is 0.593. The highest BCUT2D eigenvalue weighted by Gasteiger charge is 2.26. The summed E-state index contributed by atoms with van der Waals surface area (Å²) in [5.41, 5.74) is 0.381. The van der Waals surface area contributed by atoms with Gasteiger partial charge in [0.25, 0.3) is 0 Å². The van der Waals surface area contributed by atoms with E-state index in [9.17, 15) is 13.2 Å². The minimum Gasteiger partial charge on any atom is -0.468 e. The number of carbonyl (C=O) groups excluding carboxylic acids is 1. The predicted octanol–water partition coefficient (Wildman–Crippen LogP) is 2.99. The van der Waals surface area contributed by atoms with Crippen molar-refractivity contribution in [2.75, 3.05) is 19.6 Å². The zero-order valence-electron chi connectivity index (χ0n) is 14.8. The van der Waals surface area contributed by atoms with Crippen molar-refractivity contribution < 1.29 is 17.6 Å². The average molecular weight is 376 g/mol. The van der Waals surface area contributed by atoms with E-state index in [1.165, 1.54) is 25.5 Å². The first-order chi connectivity index (χ1) is 12.5. The van der Waals surface area contributed by atoms with Gasteiger partial charge in [-0.05, 0) is 57.1 Å². The van der Waals surface area contributed by atoms with Gasteiger partial charge < -0.3 is 4.42 Å². The van der Waals surface area contributed by atoms with Gasteiger partial charge >= 0.3 is 0 Å². The number of likely N-dealkylation sites (tertiary alicyclic amines) is 1. The summed E-state index contributed by atoms with van der Waals surface area (Å²) in [4.78, 5) is 13.9. The molecule has 0 aliphatic carbocycles. The van der Waals surface area contributed by atoms with Crippen LogP contribution in [0.4, 0.5) is 0 Å². The lowest BCUT2D eigenvalue weighted by molar-refractivity contribution is 0.101. The fourth-order valence-corrected chi connectivity index (χ4v) is 4.36. The van der Waals surface area contributed by atoms with Crippen molar-refractivity contribution in [1.82, 2.24) is 9.62 Å².